The van der Waals surface area contributed by atoms with Crippen molar-refractivity contribution >= 4 is 0 Å². The smallest absolute Gasteiger partial charge is 0.163 e. The van der Waals surface area contributed by atoms with E-state index in [1.54, 1.807) is 6.07 Å². The van der Waals surface area contributed by atoms with Crippen molar-refractivity contribution in [3.8, 4) is 0 Å². The molecule has 1 unspecified atom stereocenters. The largest absolute Gasteiger partial charge is 0.323 e. The molecule has 0 spiro atoms. The summed E-state index contributed by atoms with van der Waals surface area (Å²) in [5, 5.41) is 0. The highest BCUT2D eigenvalue weighted by Gasteiger charge is 2.21. The summed E-state index contributed by atoms with van der Waals surface area (Å²) >= 11 is 0. The van der Waals surface area contributed by atoms with Crippen molar-refractivity contribution < 1.29 is 8.78 Å². The van der Waals surface area contributed by atoms with Crippen LogP contribution in [0.4, 0.5) is 8.78 Å². The Labute approximate surface area is 107 Å². The first-order valence-electron chi connectivity index (χ1n) is 6.46. The van der Waals surface area contributed by atoms with Gasteiger partial charge in [0.05, 0.1) is 0 Å². The minimum absolute atomic E-state index is 0.260. The van der Waals surface area contributed by atoms with E-state index in [0.717, 1.165) is 18.5 Å². The Morgan fingerprint density at radius 2 is 2.11 bits per heavy atom. The second-order valence-electron chi connectivity index (χ2n) is 5.27. The second-order valence-corrected chi connectivity index (χ2v) is 5.27. The third kappa shape index (κ3) is 3.06. The van der Waals surface area contributed by atoms with Gasteiger partial charge in [-0.15, -0.1) is 0 Å². The molecule has 0 aromatic heterocycles. The standard InChI is InChI=1S/C14H20F2N2/c1-18(8-10-4-2-5-10)9-13(17)11-6-3-7-12(15)14(11)16/h3,6-7,10,13H,2,4-5,8-9,17H2,1H3. The summed E-state index contributed by atoms with van der Waals surface area (Å²) in [5.41, 5.74) is 6.21. The third-order valence-electron chi connectivity index (χ3n) is 3.68. The number of hydrogen-bond donors (Lipinski definition) is 1. The molecule has 2 nitrogen and oxygen atoms in total. The van der Waals surface area contributed by atoms with Gasteiger partial charge in [-0.25, -0.2) is 8.78 Å². The van der Waals surface area contributed by atoms with E-state index in [0.29, 0.717) is 6.54 Å². The molecule has 4 heteroatoms. The summed E-state index contributed by atoms with van der Waals surface area (Å²) in [4.78, 5) is 2.11. The van der Waals surface area contributed by atoms with Crippen LogP contribution in [0.15, 0.2) is 18.2 Å². The zero-order valence-corrected chi connectivity index (χ0v) is 10.7. The Bertz CT molecular complexity index is 405. The molecule has 1 aliphatic rings. The average Bonchev–Trinajstić information content (AvgIpc) is 2.27. The molecule has 0 aliphatic heterocycles. The molecule has 1 aromatic rings. The van der Waals surface area contributed by atoms with Gasteiger partial charge in [-0.3, -0.25) is 0 Å². The van der Waals surface area contributed by atoms with Crippen molar-refractivity contribution in [3.63, 3.8) is 0 Å². The zero-order valence-electron chi connectivity index (χ0n) is 10.7. The van der Waals surface area contributed by atoms with E-state index < -0.39 is 17.7 Å². The molecular formula is C14H20F2N2. The predicted molar refractivity (Wildman–Crippen MR) is 68.1 cm³/mol. The van der Waals surface area contributed by atoms with Gasteiger partial charge in [-0.05, 0) is 31.9 Å². The predicted octanol–water partition coefficient (Wildman–Crippen LogP) is 2.70. The minimum Gasteiger partial charge on any atom is -0.323 e. The Kier molecular flexibility index (Phi) is 4.30. The maximum atomic E-state index is 13.6. The van der Waals surface area contributed by atoms with Crippen LogP contribution in [0.3, 0.4) is 0 Å². The molecule has 2 rings (SSSR count). The molecule has 1 atom stereocenters. The molecule has 1 fully saturated rings. The topological polar surface area (TPSA) is 29.3 Å². The van der Waals surface area contributed by atoms with Crippen molar-refractivity contribution in [2.24, 2.45) is 11.7 Å². The number of benzene rings is 1. The van der Waals surface area contributed by atoms with Gasteiger partial charge >= 0.3 is 0 Å². The first-order chi connectivity index (χ1) is 8.58. The molecule has 0 amide bonds. The van der Waals surface area contributed by atoms with E-state index in [-0.39, 0.29) is 5.56 Å². The summed E-state index contributed by atoms with van der Waals surface area (Å²) in [5.74, 6) is -0.897. The molecular weight excluding hydrogens is 234 g/mol. The van der Waals surface area contributed by atoms with Crippen molar-refractivity contribution in [2.45, 2.75) is 25.3 Å². The molecule has 18 heavy (non-hydrogen) atoms. The van der Waals surface area contributed by atoms with Gasteiger partial charge in [0, 0.05) is 24.7 Å². The lowest BCUT2D eigenvalue weighted by Gasteiger charge is -2.31. The molecule has 0 radical (unpaired) electrons. The minimum atomic E-state index is -0.829. The highest BCUT2D eigenvalue weighted by atomic mass is 19.2. The fourth-order valence-corrected chi connectivity index (χ4v) is 2.43. The van der Waals surface area contributed by atoms with Crippen molar-refractivity contribution in [2.75, 3.05) is 20.1 Å². The molecule has 1 saturated carbocycles. The fourth-order valence-electron chi connectivity index (χ4n) is 2.43. The summed E-state index contributed by atoms with van der Waals surface area (Å²) in [6, 6.07) is 3.69. The quantitative estimate of drug-likeness (QED) is 0.875. The van der Waals surface area contributed by atoms with E-state index in [9.17, 15) is 8.78 Å². The lowest BCUT2D eigenvalue weighted by molar-refractivity contribution is 0.197. The van der Waals surface area contributed by atoms with Gasteiger partial charge in [0.2, 0.25) is 0 Å². The van der Waals surface area contributed by atoms with Crippen LogP contribution in [-0.4, -0.2) is 25.0 Å². The lowest BCUT2D eigenvalue weighted by atomic mass is 9.85. The summed E-state index contributed by atoms with van der Waals surface area (Å²) in [6.07, 6.45) is 3.85. The number of nitrogens with two attached hydrogens (primary N) is 1. The van der Waals surface area contributed by atoms with Gasteiger partial charge in [0.1, 0.15) is 0 Å². The maximum absolute atomic E-state index is 13.6. The molecule has 1 aliphatic carbocycles. The first-order valence-corrected chi connectivity index (χ1v) is 6.46. The molecule has 0 saturated heterocycles. The third-order valence-corrected chi connectivity index (χ3v) is 3.68. The SMILES string of the molecule is CN(CC1CCC1)CC(N)c1cccc(F)c1F. The molecule has 2 N–H and O–H groups in total. The average molecular weight is 254 g/mol. The lowest BCUT2D eigenvalue weighted by Crippen LogP contribution is -2.35. The van der Waals surface area contributed by atoms with Crippen LogP contribution in [-0.2, 0) is 0 Å². The highest BCUT2D eigenvalue weighted by Crippen LogP contribution is 2.27. The molecule has 1 aromatic carbocycles. The van der Waals surface area contributed by atoms with Gasteiger partial charge in [-0.2, -0.15) is 0 Å². The van der Waals surface area contributed by atoms with Gasteiger partial charge < -0.3 is 10.6 Å². The Morgan fingerprint density at radius 3 is 2.72 bits per heavy atom. The van der Waals surface area contributed by atoms with Crippen LogP contribution in [0.1, 0.15) is 30.9 Å². The second kappa shape index (κ2) is 5.76. The van der Waals surface area contributed by atoms with Crippen LogP contribution in [0.2, 0.25) is 0 Å². The van der Waals surface area contributed by atoms with Crippen LogP contribution >= 0.6 is 0 Å². The van der Waals surface area contributed by atoms with E-state index in [2.05, 4.69) is 4.90 Å². The Balaban J connectivity index is 1.93. The molecule has 0 bridgehead atoms. The van der Waals surface area contributed by atoms with Crippen molar-refractivity contribution in [3.05, 3.63) is 35.4 Å². The maximum Gasteiger partial charge on any atom is 0.163 e. The summed E-state index contributed by atoms with van der Waals surface area (Å²) < 4.78 is 26.7. The normalized spacial score (nSPS) is 17.8. The van der Waals surface area contributed by atoms with Gasteiger partial charge in [-0.1, -0.05) is 18.6 Å². The number of halogens is 2. The summed E-state index contributed by atoms with van der Waals surface area (Å²) in [7, 11) is 1.98. The van der Waals surface area contributed by atoms with E-state index in [4.69, 9.17) is 5.73 Å². The monoisotopic (exact) mass is 254 g/mol. The molecule has 0 heterocycles. The first kappa shape index (κ1) is 13.4. The Morgan fingerprint density at radius 1 is 1.39 bits per heavy atom. The molecule has 100 valence electrons. The van der Waals surface area contributed by atoms with Crippen LogP contribution < -0.4 is 5.73 Å². The number of likely N-dealkylation sites (N-methyl/N-ethyl adjacent to an activating group) is 1. The number of rotatable bonds is 5. The van der Waals surface area contributed by atoms with Crippen LogP contribution in [0.25, 0.3) is 0 Å². The summed E-state index contributed by atoms with van der Waals surface area (Å²) in [6.45, 7) is 1.54. The van der Waals surface area contributed by atoms with Crippen LogP contribution in [0, 0.1) is 17.6 Å². The van der Waals surface area contributed by atoms with Gasteiger partial charge in [0.25, 0.3) is 0 Å². The van der Waals surface area contributed by atoms with E-state index in [1.165, 1.54) is 25.3 Å². The Hall–Kier alpha value is -1.00. The number of hydrogen-bond acceptors (Lipinski definition) is 2. The van der Waals surface area contributed by atoms with E-state index >= 15 is 0 Å². The zero-order chi connectivity index (χ0) is 13.1. The van der Waals surface area contributed by atoms with Crippen molar-refractivity contribution in [1.29, 1.82) is 0 Å². The number of nitrogens with zero attached hydrogens (tertiary/aromatic N) is 1. The van der Waals surface area contributed by atoms with Gasteiger partial charge in [0.15, 0.2) is 11.6 Å². The van der Waals surface area contributed by atoms with Crippen LogP contribution in [0.5, 0.6) is 0 Å². The van der Waals surface area contributed by atoms with E-state index in [1.807, 2.05) is 7.05 Å². The fraction of sp³-hybridized carbons (Fsp3) is 0.571. The highest BCUT2D eigenvalue weighted by molar-refractivity contribution is 5.22. The van der Waals surface area contributed by atoms with Crippen molar-refractivity contribution in [1.82, 2.24) is 4.90 Å².